The van der Waals surface area contributed by atoms with Crippen molar-refractivity contribution in [1.29, 1.82) is 0 Å². The number of aromatic nitrogens is 1. The summed E-state index contributed by atoms with van der Waals surface area (Å²) in [6.45, 7) is 2.29. The van der Waals surface area contributed by atoms with E-state index >= 15 is 0 Å². The molecule has 5 heteroatoms. The molecule has 0 fully saturated rings. The number of primary amides is 1. The first-order valence-electron chi connectivity index (χ1n) is 5.84. The highest BCUT2D eigenvalue weighted by molar-refractivity contribution is 5.95. The minimum atomic E-state index is -0.535. The highest BCUT2D eigenvalue weighted by Gasteiger charge is 2.11. The highest BCUT2D eigenvalue weighted by atomic mass is 16.5. The van der Waals surface area contributed by atoms with Crippen LogP contribution in [0.3, 0.4) is 0 Å². The van der Waals surface area contributed by atoms with Gasteiger partial charge in [-0.05, 0) is 30.7 Å². The number of rotatable bonds is 4. The summed E-state index contributed by atoms with van der Waals surface area (Å²) < 4.78 is 5.65. The van der Waals surface area contributed by atoms with E-state index < -0.39 is 5.91 Å². The first-order chi connectivity index (χ1) is 9.11. The number of nitrogens with two attached hydrogens (primary N) is 2. The molecule has 2 aromatic rings. The molecule has 0 aliphatic carbocycles. The maximum atomic E-state index is 11.3. The van der Waals surface area contributed by atoms with Crippen molar-refractivity contribution in [1.82, 2.24) is 4.98 Å². The van der Waals surface area contributed by atoms with Crippen LogP contribution in [0.2, 0.25) is 0 Å². The van der Waals surface area contributed by atoms with Crippen molar-refractivity contribution in [3.05, 3.63) is 53.2 Å². The van der Waals surface area contributed by atoms with Gasteiger partial charge in [-0.2, -0.15) is 0 Å². The third kappa shape index (κ3) is 2.89. The van der Waals surface area contributed by atoms with Gasteiger partial charge >= 0.3 is 0 Å². The van der Waals surface area contributed by atoms with E-state index in [1.807, 2.05) is 13.0 Å². The van der Waals surface area contributed by atoms with Crippen molar-refractivity contribution in [3.8, 4) is 11.6 Å². The van der Waals surface area contributed by atoms with E-state index in [1.165, 1.54) is 0 Å². The minimum absolute atomic E-state index is 0.326. The average Bonchev–Trinajstić information content (AvgIpc) is 2.41. The van der Waals surface area contributed by atoms with Crippen LogP contribution in [-0.2, 0) is 6.54 Å². The summed E-state index contributed by atoms with van der Waals surface area (Å²) >= 11 is 0. The summed E-state index contributed by atoms with van der Waals surface area (Å²) in [5.41, 5.74) is 12.9. The summed E-state index contributed by atoms with van der Waals surface area (Å²) in [6, 6.07) is 8.69. The molecule has 98 valence electrons. The van der Waals surface area contributed by atoms with Crippen LogP contribution in [0.15, 0.2) is 36.5 Å². The molecule has 0 aliphatic heterocycles. The second-order valence-corrected chi connectivity index (χ2v) is 4.13. The van der Waals surface area contributed by atoms with E-state index in [0.29, 0.717) is 23.7 Å². The topological polar surface area (TPSA) is 91.2 Å². The van der Waals surface area contributed by atoms with Gasteiger partial charge in [0.15, 0.2) is 0 Å². The predicted molar refractivity (Wildman–Crippen MR) is 71.9 cm³/mol. The normalized spacial score (nSPS) is 10.2. The van der Waals surface area contributed by atoms with Gasteiger partial charge < -0.3 is 16.2 Å². The van der Waals surface area contributed by atoms with E-state index in [9.17, 15) is 4.79 Å². The van der Waals surface area contributed by atoms with Gasteiger partial charge in [0, 0.05) is 18.3 Å². The van der Waals surface area contributed by atoms with Crippen molar-refractivity contribution < 1.29 is 9.53 Å². The molecule has 0 atom stereocenters. The zero-order valence-corrected chi connectivity index (χ0v) is 10.6. The Bertz CT molecular complexity index is 611. The predicted octanol–water partition coefficient (Wildman–Crippen LogP) is 1.74. The molecule has 0 saturated heterocycles. The molecule has 0 bridgehead atoms. The van der Waals surface area contributed by atoms with Crippen molar-refractivity contribution in [2.45, 2.75) is 13.5 Å². The summed E-state index contributed by atoms with van der Waals surface area (Å²) in [6.07, 6.45) is 1.65. The van der Waals surface area contributed by atoms with Crippen LogP contribution in [0, 0.1) is 6.92 Å². The quantitative estimate of drug-likeness (QED) is 0.872. The zero-order chi connectivity index (χ0) is 13.8. The van der Waals surface area contributed by atoms with E-state index in [-0.39, 0.29) is 0 Å². The van der Waals surface area contributed by atoms with Gasteiger partial charge in [-0.15, -0.1) is 0 Å². The lowest BCUT2D eigenvalue weighted by atomic mass is 10.2. The average molecular weight is 257 g/mol. The molecule has 0 unspecified atom stereocenters. The number of carbonyl (C=O) groups is 1. The Balaban J connectivity index is 2.34. The van der Waals surface area contributed by atoms with Crippen molar-refractivity contribution in [2.24, 2.45) is 11.5 Å². The van der Waals surface area contributed by atoms with Crippen LogP contribution in [-0.4, -0.2) is 10.9 Å². The standard InChI is InChI=1S/C14H15N3O2/c1-9-6-10(7-15)8-17-14(9)19-12-5-3-2-4-11(12)13(16)18/h2-6,8H,7,15H2,1H3,(H2,16,18). The number of pyridine rings is 1. The SMILES string of the molecule is Cc1cc(CN)cnc1Oc1ccccc1C(N)=O. The van der Waals surface area contributed by atoms with Crippen LogP contribution in [0.1, 0.15) is 21.5 Å². The van der Waals surface area contributed by atoms with E-state index in [4.69, 9.17) is 16.2 Å². The van der Waals surface area contributed by atoms with Gasteiger partial charge in [-0.1, -0.05) is 12.1 Å². The molecule has 2 rings (SSSR count). The van der Waals surface area contributed by atoms with Gasteiger partial charge in [0.05, 0.1) is 5.56 Å². The number of aryl methyl sites for hydroxylation is 1. The maximum Gasteiger partial charge on any atom is 0.252 e. The molecule has 0 saturated carbocycles. The van der Waals surface area contributed by atoms with E-state index in [0.717, 1.165) is 11.1 Å². The van der Waals surface area contributed by atoms with Gasteiger partial charge in [0.25, 0.3) is 5.91 Å². The summed E-state index contributed by atoms with van der Waals surface area (Å²) in [5.74, 6) is 0.295. The lowest BCUT2D eigenvalue weighted by Gasteiger charge is -2.10. The maximum absolute atomic E-state index is 11.3. The van der Waals surface area contributed by atoms with Crippen molar-refractivity contribution in [2.75, 3.05) is 0 Å². The minimum Gasteiger partial charge on any atom is -0.438 e. The smallest absolute Gasteiger partial charge is 0.252 e. The Labute approximate surface area is 111 Å². The molecule has 0 spiro atoms. The third-order valence-corrected chi connectivity index (χ3v) is 2.68. The number of para-hydroxylation sites is 1. The highest BCUT2D eigenvalue weighted by Crippen LogP contribution is 2.26. The number of nitrogens with zero attached hydrogens (tertiary/aromatic N) is 1. The number of carbonyl (C=O) groups excluding carboxylic acids is 1. The molecule has 19 heavy (non-hydrogen) atoms. The Morgan fingerprint density at radius 1 is 1.37 bits per heavy atom. The fourth-order valence-electron chi connectivity index (χ4n) is 1.70. The van der Waals surface area contributed by atoms with Crippen molar-refractivity contribution >= 4 is 5.91 Å². The number of hydrogen-bond donors (Lipinski definition) is 2. The second kappa shape index (κ2) is 5.49. The number of hydrogen-bond acceptors (Lipinski definition) is 4. The fraction of sp³-hybridized carbons (Fsp3) is 0.143. The Hall–Kier alpha value is -2.40. The second-order valence-electron chi connectivity index (χ2n) is 4.13. The molecule has 1 aromatic heterocycles. The molecule has 0 radical (unpaired) electrons. The summed E-state index contributed by atoms with van der Waals surface area (Å²) in [5, 5.41) is 0. The molecule has 1 aromatic carbocycles. The van der Waals surface area contributed by atoms with Crippen LogP contribution in [0.4, 0.5) is 0 Å². The fourth-order valence-corrected chi connectivity index (χ4v) is 1.70. The lowest BCUT2D eigenvalue weighted by Crippen LogP contribution is -2.12. The molecular formula is C14H15N3O2. The Morgan fingerprint density at radius 3 is 2.74 bits per heavy atom. The lowest BCUT2D eigenvalue weighted by molar-refractivity contribution is 0.0998. The molecule has 1 heterocycles. The molecule has 0 aliphatic rings. The molecule has 5 nitrogen and oxygen atoms in total. The third-order valence-electron chi connectivity index (χ3n) is 2.68. The van der Waals surface area contributed by atoms with Gasteiger partial charge in [0.1, 0.15) is 5.75 Å². The van der Waals surface area contributed by atoms with Gasteiger partial charge in [-0.25, -0.2) is 4.98 Å². The number of ether oxygens (including phenoxy) is 1. The molecular weight excluding hydrogens is 242 g/mol. The van der Waals surface area contributed by atoms with E-state index in [2.05, 4.69) is 4.98 Å². The van der Waals surface area contributed by atoms with Crippen LogP contribution >= 0.6 is 0 Å². The van der Waals surface area contributed by atoms with Gasteiger partial charge in [-0.3, -0.25) is 4.79 Å². The van der Waals surface area contributed by atoms with E-state index in [1.54, 1.807) is 30.5 Å². The number of benzene rings is 1. The largest absolute Gasteiger partial charge is 0.438 e. The van der Waals surface area contributed by atoms with Crippen LogP contribution in [0.25, 0.3) is 0 Å². The zero-order valence-electron chi connectivity index (χ0n) is 10.6. The number of amides is 1. The Kier molecular flexibility index (Phi) is 3.77. The first kappa shape index (κ1) is 13.0. The summed E-state index contributed by atoms with van der Waals surface area (Å²) in [4.78, 5) is 15.5. The van der Waals surface area contributed by atoms with Crippen molar-refractivity contribution in [3.63, 3.8) is 0 Å². The molecule has 1 amide bonds. The summed E-state index contributed by atoms with van der Waals surface area (Å²) in [7, 11) is 0. The Morgan fingerprint density at radius 2 is 2.11 bits per heavy atom. The van der Waals surface area contributed by atoms with Gasteiger partial charge in [0.2, 0.25) is 5.88 Å². The monoisotopic (exact) mass is 257 g/mol. The van der Waals surface area contributed by atoms with Crippen LogP contribution in [0.5, 0.6) is 11.6 Å². The van der Waals surface area contributed by atoms with Crippen LogP contribution < -0.4 is 16.2 Å². The first-order valence-corrected chi connectivity index (χ1v) is 5.84. The molecule has 4 N–H and O–H groups in total.